The van der Waals surface area contributed by atoms with Crippen molar-refractivity contribution in [3.8, 4) is 0 Å². The van der Waals surface area contributed by atoms with E-state index in [0.717, 1.165) is 6.26 Å². The summed E-state index contributed by atoms with van der Waals surface area (Å²) in [7, 11) is -7.70. The van der Waals surface area contributed by atoms with Crippen LogP contribution in [0.3, 0.4) is 0 Å². The van der Waals surface area contributed by atoms with Crippen LogP contribution in [0.4, 0.5) is 0 Å². The Morgan fingerprint density at radius 1 is 0.923 bits per heavy atom. The predicted molar refractivity (Wildman–Crippen MR) is 98.0 cm³/mol. The zero-order valence-corrected chi connectivity index (χ0v) is 16.0. The second-order valence-corrected chi connectivity index (χ2v) is 9.32. The Labute approximate surface area is 153 Å². The van der Waals surface area contributed by atoms with Crippen molar-refractivity contribution < 1.29 is 21.6 Å². The number of sulfone groups is 1. The van der Waals surface area contributed by atoms with E-state index in [4.69, 9.17) is 0 Å². The van der Waals surface area contributed by atoms with Crippen molar-refractivity contribution in [1.29, 1.82) is 0 Å². The maximum absolute atomic E-state index is 12.5. The lowest BCUT2D eigenvalue weighted by Crippen LogP contribution is -2.25. The molecule has 0 saturated carbocycles. The molecular weight excluding hydrogens is 376 g/mol. The molecule has 2 N–H and O–H groups in total. The first-order valence-electron chi connectivity index (χ1n) is 7.81. The van der Waals surface area contributed by atoms with Gasteiger partial charge in [0.1, 0.15) is 4.90 Å². The Morgan fingerprint density at radius 2 is 1.50 bits per heavy atom. The maximum atomic E-state index is 12.5. The summed E-state index contributed by atoms with van der Waals surface area (Å²) < 4.78 is 51.0. The number of benzene rings is 2. The summed E-state index contributed by atoms with van der Waals surface area (Å²) in [5.41, 5.74) is 1.11. The highest BCUT2D eigenvalue weighted by atomic mass is 32.2. The molecule has 1 amide bonds. The minimum atomic E-state index is -4.02. The quantitative estimate of drug-likeness (QED) is 0.734. The molecule has 0 fully saturated rings. The fraction of sp³-hybridized carbons (Fsp3) is 0.235. The molecule has 2 aromatic rings. The lowest BCUT2D eigenvalue weighted by Gasteiger charge is -2.11. The molecule has 0 aliphatic heterocycles. The second kappa shape index (κ2) is 7.98. The summed E-state index contributed by atoms with van der Waals surface area (Å²) >= 11 is 0. The summed E-state index contributed by atoms with van der Waals surface area (Å²) in [6, 6.07) is 11.9. The Hall–Kier alpha value is -2.23. The average Bonchev–Trinajstić information content (AvgIpc) is 2.60. The van der Waals surface area contributed by atoms with E-state index in [0.29, 0.717) is 17.7 Å². The van der Waals surface area contributed by atoms with Gasteiger partial charge in [0.05, 0.1) is 4.90 Å². The van der Waals surface area contributed by atoms with Gasteiger partial charge in [0, 0.05) is 24.9 Å². The number of hydrogen-bond donors (Lipinski definition) is 2. The monoisotopic (exact) mass is 396 g/mol. The third-order valence-corrected chi connectivity index (χ3v) is 6.30. The van der Waals surface area contributed by atoms with E-state index >= 15 is 0 Å². The average molecular weight is 396 g/mol. The molecule has 0 radical (unpaired) electrons. The Bertz CT molecular complexity index is 998. The molecule has 0 saturated heterocycles. The lowest BCUT2D eigenvalue weighted by atomic mass is 10.1. The summed E-state index contributed by atoms with van der Waals surface area (Å²) in [6.07, 6.45) is 0.960. The van der Waals surface area contributed by atoms with Crippen molar-refractivity contribution in [2.24, 2.45) is 0 Å². The van der Waals surface area contributed by atoms with Crippen LogP contribution in [0.1, 0.15) is 22.8 Å². The molecule has 0 aliphatic carbocycles. The SMILES string of the molecule is CCNC(=O)c1ccc(CNS(=O)(=O)c2ccccc2S(C)(=O)=O)cc1. The molecule has 0 bridgehead atoms. The standard InChI is InChI=1S/C17H20N2O5S2/c1-3-18-17(20)14-10-8-13(9-11-14)12-19-26(23,24)16-7-5-4-6-15(16)25(2,21)22/h4-11,19H,3,12H2,1-2H3,(H,18,20). The van der Waals surface area contributed by atoms with Crippen LogP contribution in [0.2, 0.25) is 0 Å². The summed E-state index contributed by atoms with van der Waals surface area (Å²) in [4.78, 5) is 11.2. The fourth-order valence-corrected chi connectivity index (χ4v) is 4.92. The van der Waals surface area contributed by atoms with Crippen molar-refractivity contribution in [2.45, 2.75) is 23.3 Å². The Balaban J connectivity index is 2.18. The first-order chi connectivity index (χ1) is 12.1. The van der Waals surface area contributed by atoms with Crippen molar-refractivity contribution in [1.82, 2.24) is 10.0 Å². The van der Waals surface area contributed by atoms with Crippen LogP contribution in [0.25, 0.3) is 0 Å². The molecule has 140 valence electrons. The van der Waals surface area contributed by atoms with Crippen LogP contribution in [0.15, 0.2) is 58.3 Å². The minimum Gasteiger partial charge on any atom is -0.352 e. The largest absolute Gasteiger partial charge is 0.352 e. The van der Waals surface area contributed by atoms with E-state index in [1.165, 1.54) is 24.3 Å². The molecule has 7 nitrogen and oxygen atoms in total. The molecular formula is C17H20N2O5S2. The van der Waals surface area contributed by atoms with Crippen molar-refractivity contribution >= 4 is 25.8 Å². The van der Waals surface area contributed by atoms with Crippen molar-refractivity contribution in [3.05, 3.63) is 59.7 Å². The normalized spacial score (nSPS) is 11.9. The third-order valence-electron chi connectivity index (χ3n) is 3.56. The molecule has 26 heavy (non-hydrogen) atoms. The van der Waals surface area contributed by atoms with Crippen molar-refractivity contribution in [2.75, 3.05) is 12.8 Å². The number of amides is 1. The smallest absolute Gasteiger partial charge is 0.251 e. The van der Waals surface area contributed by atoms with Crippen LogP contribution in [-0.2, 0) is 26.4 Å². The lowest BCUT2D eigenvalue weighted by molar-refractivity contribution is 0.0956. The Morgan fingerprint density at radius 3 is 2.04 bits per heavy atom. The summed E-state index contributed by atoms with van der Waals surface area (Å²) in [5, 5.41) is 2.67. The molecule has 0 heterocycles. The van der Waals surface area contributed by atoms with E-state index in [-0.39, 0.29) is 22.2 Å². The highest BCUT2D eigenvalue weighted by Crippen LogP contribution is 2.20. The van der Waals surface area contributed by atoms with Gasteiger partial charge in [-0.3, -0.25) is 4.79 Å². The predicted octanol–water partition coefficient (Wildman–Crippen LogP) is 1.32. The van der Waals surface area contributed by atoms with Gasteiger partial charge in [0.25, 0.3) is 5.91 Å². The molecule has 0 aliphatic rings. The Kier molecular flexibility index (Phi) is 6.17. The maximum Gasteiger partial charge on any atom is 0.251 e. The molecule has 2 aromatic carbocycles. The highest BCUT2D eigenvalue weighted by molar-refractivity contribution is 7.93. The zero-order chi connectivity index (χ0) is 19.4. The van der Waals surface area contributed by atoms with Crippen LogP contribution in [0, 0.1) is 0 Å². The second-order valence-electron chi connectivity index (χ2n) is 5.60. The first kappa shape index (κ1) is 20.1. The minimum absolute atomic E-state index is 0.0316. The third kappa shape index (κ3) is 4.90. The van der Waals surface area contributed by atoms with Crippen LogP contribution < -0.4 is 10.0 Å². The molecule has 0 aromatic heterocycles. The van der Waals surface area contributed by atoms with Gasteiger partial charge >= 0.3 is 0 Å². The van der Waals surface area contributed by atoms with Gasteiger partial charge in [0.2, 0.25) is 10.0 Å². The number of carbonyl (C=O) groups excluding carboxylic acids is 1. The van der Waals surface area contributed by atoms with Crippen LogP contribution in [0.5, 0.6) is 0 Å². The van der Waals surface area contributed by atoms with Gasteiger partial charge < -0.3 is 5.32 Å². The topological polar surface area (TPSA) is 109 Å². The van der Waals surface area contributed by atoms with Gasteiger partial charge in [-0.2, -0.15) is 0 Å². The molecule has 0 atom stereocenters. The number of hydrogen-bond acceptors (Lipinski definition) is 5. The van der Waals surface area contributed by atoms with Gasteiger partial charge in [0.15, 0.2) is 9.84 Å². The van der Waals surface area contributed by atoms with Gasteiger partial charge in [-0.15, -0.1) is 0 Å². The van der Waals surface area contributed by atoms with E-state index in [9.17, 15) is 21.6 Å². The summed E-state index contributed by atoms with van der Waals surface area (Å²) in [5.74, 6) is -0.207. The highest BCUT2D eigenvalue weighted by Gasteiger charge is 2.23. The van der Waals surface area contributed by atoms with Gasteiger partial charge in [-0.25, -0.2) is 21.6 Å². The fourth-order valence-electron chi connectivity index (χ4n) is 2.27. The number of nitrogens with one attached hydrogen (secondary N) is 2. The van der Waals surface area contributed by atoms with Crippen LogP contribution >= 0.6 is 0 Å². The van der Waals surface area contributed by atoms with E-state index in [2.05, 4.69) is 10.0 Å². The molecule has 0 spiro atoms. The summed E-state index contributed by atoms with van der Waals surface area (Å²) in [6.45, 7) is 2.30. The molecule has 0 unspecified atom stereocenters. The van der Waals surface area contributed by atoms with Crippen molar-refractivity contribution in [3.63, 3.8) is 0 Å². The van der Waals surface area contributed by atoms with E-state index in [1.807, 2.05) is 6.92 Å². The van der Waals surface area contributed by atoms with Gasteiger partial charge in [-0.05, 0) is 36.8 Å². The molecule has 2 rings (SSSR count). The van der Waals surface area contributed by atoms with Gasteiger partial charge in [-0.1, -0.05) is 24.3 Å². The number of sulfonamides is 1. The number of rotatable bonds is 7. The van der Waals surface area contributed by atoms with E-state index in [1.54, 1.807) is 24.3 Å². The van der Waals surface area contributed by atoms with E-state index < -0.39 is 19.9 Å². The number of carbonyl (C=O) groups is 1. The first-order valence-corrected chi connectivity index (χ1v) is 11.2. The zero-order valence-electron chi connectivity index (χ0n) is 14.4. The van der Waals surface area contributed by atoms with Crippen LogP contribution in [-0.4, -0.2) is 35.5 Å². The molecule has 9 heteroatoms.